The van der Waals surface area contributed by atoms with Crippen molar-refractivity contribution in [2.75, 3.05) is 5.75 Å². The van der Waals surface area contributed by atoms with Crippen molar-refractivity contribution < 1.29 is 13.2 Å². The summed E-state index contributed by atoms with van der Waals surface area (Å²) < 4.78 is 23.0. The molecule has 9 heavy (non-hydrogen) atoms. The van der Waals surface area contributed by atoms with Gasteiger partial charge in [0.25, 0.3) is 16.1 Å². The van der Waals surface area contributed by atoms with Gasteiger partial charge in [0.1, 0.15) is 5.75 Å². The van der Waals surface area contributed by atoms with Crippen LogP contribution in [0, 0.1) is 12.3 Å². The summed E-state index contributed by atoms with van der Waals surface area (Å²) in [6.07, 6.45) is 5.51. The predicted octanol–water partition coefficient (Wildman–Crippen LogP) is -0.715. The van der Waals surface area contributed by atoms with E-state index in [1.54, 1.807) is 0 Å². The molecule has 0 heterocycles. The molecule has 0 N–H and O–H groups in total. The van der Waals surface area contributed by atoms with Crippen LogP contribution in [0.3, 0.4) is 0 Å². The van der Waals surface area contributed by atoms with E-state index in [9.17, 15) is 13.2 Å². The van der Waals surface area contributed by atoms with E-state index in [0.717, 1.165) is 6.08 Å². The molecule has 0 atom stereocenters. The van der Waals surface area contributed by atoms with Crippen molar-refractivity contribution in [3.63, 3.8) is 0 Å². The third-order valence-corrected chi connectivity index (χ3v) is 1.33. The zero-order chi connectivity index (χ0) is 7.33. The fourth-order valence-electron chi connectivity index (χ4n) is 0.194. The maximum absolute atomic E-state index is 10.3. The Labute approximate surface area is 52.7 Å². The maximum Gasteiger partial charge on any atom is 0.274 e. The number of hydrogen-bond donors (Lipinski definition) is 0. The van der Waals surface area contributed by atoms with Crippen molar-refractivity contribution >= 4 is 16.1 Å². The van der Waals surface area contributed by atoms with E-state index in [0.29, 0.717) is 0 Å². The summed E-state index contributed by atoms with van der Waals surface area (Å²) in [7, 11) is -3.72. The third-order valence-electron chi connectivity index (χ3n) is 0.442. The number of carbonyl (C=O) groups excluding carboxylic acids is 1. The summed E-state index contributed by atoms with van der Waals surface area (Å²) in [5, 5.41) is 0. The molecule has 0 saturated carbocycles. The molecule has 0 aliphatic rings. The van der Waals surface area contributed by atoms with Crippen LogP contribution >= 0.6 is 0 Å². The molecule has 0 amide bonds. The number of isocyanates is 1. The van der Waals surface area contributed by atoms with Gasteiger partial charge in [-0.05, 0) is 0 Å². The molecule has 0 saturated heterocycles. The van der Waals surface area contributed by atoms with E-state index in [1.807, 2.05) is 5.92 Å². The van der Waals surface area contributed by atoms with E-state index in [4.69, 9.17) is 0 Å². The average Bonchev–Trinajstić information content (AvgIpc) is 1.64. The Morgan fingerprint density at radius 1 is 1.56 bits per heavy atom. The Hall–Kier alpha value is -1.11. The van der Waals surface area contributed by atoms with Crippen molar-refractivity contribution in [3.05, 3.63) is 0 Å². The Bertz CT molecular complexity index is 265. The molecule has 0 spiro atoms. The SMILES string of the molecule is C#CCS(=O)(=O)N=C=O. The van der Waals surface area contributed by atoms with Gasteiger partial charge >= 0.3 is 0 Å². The second kappa shape index (κ2) is 3.02. The molecule has 48 valence electrons. The van der Waals surface area contributed by atoms with Gasteiger partial charge in [0, 0.05) is 0 Å². The molecule has 0 aromatic rings. The van der Waals surface area contributed by atoms with E-state index in [-0.39, 0.29) is 0 Å². The third kappa shape index (κ3) is 3.47. The molecule has 5 heteroatoms. The minimum Gasteiger partial charge on any atom is -0.210 e. The van der Waals surface area contributed by atoms with Crippen LogP contribution in [0.15, 0.2) is 4.40 Å². The van der Waals surface area contributed by atoms with Crippen LogP contribution in [0.5, 0.6) is 0 Å². The number of terminal acetylenes is 1. The zero-order valence-electron chi connectivity index (χ0n) is 4.36. The maximum atomic E-state index is 10.3. The van der Waals surface area contributed by atoms with Crippen LogP contribution in [-0.4, -0.2) is 20.3 Å². The van der Waals surface area contributed by atoms with Crippen molar-refractivity contribution in [1.82, 2.24) is 0 Å². The first kappa shape index (κ1) is 7.89. The van der Waals surface area contributed by atoms with Crippen LogP contribution in [0.4, 0.5) is 0 Å². The lowest BCUT2D eigenvalue weighted by molar-refractivity contribution is 0.564. The Morgan fingerprint density at radius 3 is 2.44 bits per heavy atom. The van der Waals surface area contributed by atoms with Gasteiger partial charge in [-0.25, -0.2) is 13.2 Å². The van der Waals surface area contributed by atoms with Crippen molar-refractivity contribution in [1.29, 1.82) is 0 Å². The molecule has 0 aromatic carbocycles. The molecule has 0 aromatic heterocycles. The van der Waals surface area contributed by atoms with Gasteiger partial charge in [-0.1, -0.05) is 10.3 Å². The van der Waals surface area contributed by atoms with Crippen molar-refractivity contribution in [2.24, 2.45) is 4.40 Å². The van der Waals surface area contributed by atoms with Gasteiger partial charge in [0.15, 0.2) is 0 Å². The molecular formula is C4H3NO3S. The number of hydrogen-bond acceptors (Lipinski definition) is 3. The van der Waals surface area contributed by atoms with Gasteiger partial charge in [0.2, 0.25) is 0 Å². The molecule has 0 aliphatic heterocycles. The molecule has 0 aliphatic carbocycles. The quantitative estimate of drug-likeness (QED) is 0.293. The number of rotatable bonds is 2. The lowest BCUT2D eigenvalue weighted by atomic mass is 10.8. The molecule has 0 bridgehead atoms. The summed E-state index contributed by atoms with van der Waals surface area (Å²) in [6.45, 7) is 0. The highest BCUT2D eigenvalue weighted by molar-refractivity contribution is 7.90. The largest absolute Gasteiger partial charge is 0.274 e. The predicted molar refractivity (Wildman–Crippen MR) is 30.7 cm³/mol. The van der Waals surface area contributed by atoms with Gasteiger partial charge in [-0.15, -0.1) is 6.42 Å². The van der Waals surface area contributed by atoms with E-state index in [1.165, 1.54) is 0 Å². The normalized spacial score (nSPS) is 9.22. The summed E-state index contributed by atoms with van der Waals surface area (Å²) in [4.78, 5) is 9.36. The standard InChI is InChI=1S/C4H3NO3S/c1-2-3-9(7,8)5-4-6/h1H,3H2. The van der Waals surface area contributed by atoms with Gasteiger partial charge in [0.05, 0.1) is 0 Å². The highest BCUT2D eigenvalue weighted by Crippen LogP contribution is 1.86. The van der Waals surface area contributed by atoms with Crippen LogP contribution in [0.1, 0.15) is 0 Å². The topological polar surface area (TPSA) is 63.6 Å². The lowest BCUT2D eigenvalue weighted by Gasteiger charge is -1.81. The van der Waals surface area contributed by atoms with Crippen molar-refractivity contribution in [3.8, 4) is 12.3 Å². The fraction of sp³-hybridized carbons (Fsp3) is 0.250. The van der Waals surface area contributed by atoms with Gasteiger partial charge < -0.3 is 0 Å². The Kier molecular flexibility index (Phi) is 2.65. The monoisotopic (exact) mass is 145 g/mol. The summed E-state index contributed by atoms with van der Waals surface area (Å²) in [5.41, 5.74) is 0. The minimum absolute atomic E-state index is 0.553. The van der Waals surface area contributed by atoms with Gasteiger partial charge in [-0.2, -0.15) is 0 Å². The highest BCUT2D eigenvalue weighted by atomic mass is 32.2. The first-order valence-electron chi connectivity index (χ1n) is 1.87. The summed E-state index contributed by atoms with van der Waals surface area (Å²) >= 11 is 0. The molecular weight excluding hydrogens is 142 g/mol. The molecule has 0 unspecified atom stereocenters. The first-order valence-corrected chi connectivity index (χ1v) is 3.48. The van der Waals surface area contributed by atoms with E-state index < -0.39 is 15.8 Å². The number of sulfonamides is 1. The van der Waals surface area contributed by atoms with Crippen molar-refractivity contribution in [2.45, 2.75) is 0 Å². The Morgan fingerprint density at radius 2 is 2.11 bits per heavy atom. The minimum atomic E-state index is -3.72. The summed E-state index contributed by atoms with van der Waals surface area (Å²) in [6, 6.07) is 0. The van der Waals surface area contributed by atoms with E-state index in [2.05, 4.69) is 10.8 Å². The smallest absolute Gasteiger partial charge is 0.210 e. The fourth-order valence-corrected chi connectivity index (χ4v) is 0.583. The molecule has 4 nitrogen and oxygen atoms in total. The van der Waals surface area contributed by atoms with Crippen LogP contribution in [-0.2, 0) is 14.8 Å². The molecule has 0 fully saturated rings. The highest BCUT2D eigenvalue weighted by Gasteiger charge is 2.02. The lowest BCUT2D eigenvalue weighted by Crippen LogP contribution is -1.98. The Balaban J connectivity index is 4.46. The average molecular weight is 145 g/mol. The number of nitrogens with zero attached hydrogens (tertiary/aromatic N) is 1. The van der Waals surface area contributed by atoms with Crippen LogP contribution in [0.25, 0.3) is 0 Å². The zero-order valence-corrected chi connectivity index (χ0v) is 5.18. The second-order valence-corrected chi connectivity index (χ2v) is 2.75. The first-order chi connectivity index (χ1) is 4.12. The van der Waals surface area contributed by atoms with Gasteiger partial charge in [-0.3, -0.25) is 0 Å². The molecule has 0 rings (SSSR count). The second-order valence-electron chi connectivity index (χ2n) is 1.11. The van der Waals surface area contributed by atoms with Crippen LogP contribution < -0.4 is 0 Å². The van der Waals surface area contributed by atoms with Crippen LogP contribution in [0.2, 0.25) is 0 Å². The molecule has 0 radical (unpaired) electrons. The summed E-state index contributed by atoms with van der Waals surface area (Å²) in [5.74, 6) is 1.28. The van der Waals surface area contributed by atoms with E-state index >= 15 is 0 Å².